The fourth-order valence-electron chi connectivity index (χ4n) is 3.17. The summed E-state index contributed by atoms with van der Waals surface area (Å²) in [7, 11) is 0. The van der Waals surface area contributed by atoms with Gasteiger partial charge in [0, 0.05) is 16.7 Å². The van der Waals surface area contributed by atoms with Crippen molar-refractivity contribution in [1.82, 2.24) is 0 Å². The minimum Gasteiger partial charge on any atom is -0.466 e. The fourth-order valence-corrected chi connectivity index (χ4v) is 4.72. The number of carbonyl (C=O) groups excluding carboxylic acids is 2. The third-order valence-electron chi connectivity index (χ3n) is 4.23. The van der Waals surface area contributed by atoms with E-state index in [1.807, 2.05) is 49.0 Å². The average Bonchev–Trinajstić information content (AvgIpc) is 2.97. The Morgan fingerprint density at radius 3 is 2.36 bits per heavy atom. The second kappa shape index (κ2) is 8.71. The molecule has 0 saturated heterocycles. The van der Waals surface area contributed by atoms with E-state index < -0.39 is 0 Å². The van der Waals surface area contributed by atoms with Crippen molar-refractivity contribution in [2.75, 3.05) is 6.61 Å². The van der Waals surface area contributed by atoms with Gasteiger partial charge in [-0.3, -0.25) is 9.59 Å². The van der Waals surface area contributed by atoms with E-state index in [0.717, 1.165) is 16.8 Å². The van der Waals surface area contributed by atoms with Crippen LogP contribution in [-0.4, -0.2) is 18.4 Å². The van der Waals surface area contributed by atoms with Gasteiger partial charge >= 0.3 is 5.97 Å². The van der Waals surface area contributed by atoms with Crippen LogP contribution in [0.25, 0.3) is 5.69 Å². The van der Waals surface area contributed by atoms with Gasteiger partial charge in [-0.05, 0) is 26.8 Å². The van der Waals surface area contributed by atoms with E-state index in [1.54, 1.807) is 19.1 Å². The highest BCUT2D eigenvalue weighted by Gasteiger charge is 2.30. The van der Waals surface area contributed by atoms with Crippen molar-refractivity contribution >= 4 is 35.7 Å². The molecule has 0 fully saturated rings. The number of pyridine rings is 1. The molecule has 2 heterocycles. The first-order valence-electron chi connectivity index (χ1n) is 9.00. The van der Waals surface area contributed by atoms with Gasteiger partial charge in [-0.15, -0.1) is 24.0 Å². The third kappa shape index (κ3) is 4.34. The Balaban J connectivity index is 2.17. The van der Waals surface area contributed by atoms with Gasteiger partial charge in [0.25, 0.3) is 0 Å². The largest absolute Gasteiger partial charge is 0.466 e. The topological polar surface area (TPSA) is 47.3 Å². The Bertz CT molecular complexity index is 1010. The lowest BCUT2D eigenvalue weighted by molar-refractivity contribution is -0.598. The average molecular weight is 413 g/mol. The fraction of sp³-hybridized carbons (Fsp3) is 0.227. The molecule has 0 spiro atoms. The number of hydrogen-bond donors (Lipinski definition) is 1. The summed E-state index contributed by atoms with van der Waals surface area (Å²) < 4.78 is 7.79. The minimum absolute atomic E-state index is 0.0220. The van der Waals surface area contributed by atoms with Crippen molar-refractivity contribution in [3.63, 3.8) is 0 Å². The number of ether oxygens (including phenoxy) is 1. The third-order valence-corrected chi connectivity index (χ3v) is 5.74. The van der Waals surface area contributed by atoms with Crippen LogP contribution in [0.5, 0.6) is 0 Å². The van der Waals surface area contributed by atoms with Crippen LogP contribution < -0.4 is 4.57 Å². The number of carbonyl (C=O) groups is 2. The zero-order chi connectivity index (χ0) is 20.3. The summed E-state index contributed by atoms with van der Waals surface area (Å²) in [5, 5.41) is 0. The van der Waals surface area contributed by atoms with E-state index in [-0.39, 0.29) is 18.2 Å². The molecule has 0 unspecified atom stereocenters. The number of benzene rings is 1. The van der Waals surface area contributed by atoms with Crippen molar-refractivity contribution in [3.8, 4) is 5.69 Å². The summed E-state index contributed by atoms with van der Waals surface area (Å²) in [5.74, 6) is -0.474. The molecule has 0 atom stereocenters. The number of ketones is 1. The number of aryl methyl sites for hydroxylation is 2. The van der Waals surface area contributed by atoms with Crippen LogP contribution in [0.1, 0.15) is 38.8 Å². The second-order valence-corrected chi connectivity index (χ2v) is 8.31. The maximum atomic E-state index is 13.2. The molecule has 6 heteroatoms. The Morgan fingerprint density at radius 2 is 1.75 bits per heavy atom. The normalized spacial score (nSPS) is 10.7. The van der Waals surface area contributed by atoms with Crippen molar-refractivity contribution in [2.24, 2.45) is 0 Å². The minimum atomic E-state index is -0.359. The monoisotopic (exact) mass is 412 g/mol. The van der Waals surface area contributed by atoms with Crippen LogP contribution in [-0.2, 0) is 16.0 Å². The highest BCUT2D eigenvalue weighted by atomic mass is 32.2. The number of hydrogen-bond acceptors (Lipinski definition) is 5. The molecule has 3 aromatic rings. The van der Waals surface area contributed by atoms with Gasteiger partial charge in [0.2, 0.25) is 11.5 Å². The van der Waals surface area contributed by atoms with E-state index >= 15 is 0 Å². The maximum Gasteiger partial charge on any atom is 0.310 e. The van der Waals surface area contributed by atoms with Gasteiger partial charge in [-0.2, -0.15) is 4.57 Å². The van der Waals surface area contributed by atoms with Gasteiger partial charge in [0.05, 0.1) is 23.5 Å². The molecule has 1 aromatic carbocycles. The molecule has 0 aliphatic rings. The quantitative estimate of drug-likeness (QED) is 0.285. The van der Waals surface area contributed by atoms with Crippen molar-refractivity contribution < 1.29 is 18.9 Å². The van der Waals surface area contributed by atoms with Gasteiger partial charge in [0.15, 0.2) is 12.4 Å². The van der Waals surface area contributed by atoms with Crippen molar-refractivity contribution in [2.45, 2.75) is 31.4 Å². The number of thiol groups is 1. The maximum absolute atomic E-state index is 13.2. The van der Waals surface area contributed by atoms with E-state index in [1.165, 1.54) is 11.3 Å². The molecular weight excluding hydrogens is 390 g/mol. The smallest absolute Gasteiger partial charge is 0.310 e. The number of rotatable bonds is 6. The second-order valence-electron chi connectivity index (χ2n) is 6.54. The Morgan fingerprint density at radius 1 is 1.11 bits per heavy atom. The first kappa shape index (κ1) is 20.3. The van der Waals surface area contributed by atoms with Crippen LogP contribution in [0.15, 0.2) is 53.0 Å². The van der Waals surface area contributed by atoms with E-state index in [4.69, 9.17) is 4.74 Å². The molecule has 3 rings (SSSR count). The summed E-state index contributed by atoms with van der Waals surface area (Å²) >= 11 is 5.94. The van der Waals surface area contributed by atoms with Gasteiger partial charge < -0.3 is 4.74 Å². The van der Waals surface area contributed by atoms with Gasteiger partial charge in [-0.1, -0.05) is 30.3 Å². The van der Waals surface area contributed by atoms with Crippen LogP contribution in [0.4, 0.5) is 0 Å². The lowest BCUT2D eigenvalue weighted by Crippen LogP contribution is -2.32. The van der Waals surface area contributed by atoms with E-state index in [2.05, 4.69) is 18.7 Å². The molecule has 0 aliphatic carbocycles. The van der Waals surface area contributed by atoms with Crippen molar-refractivity contribution in [1.29, 1.82) is 0 Å². The molecule has 2 aromatic heterocycles. The molecule has 0 radical (unpaired) electrons. The van der Waals surface area contributed by atoms with Crippen LogP contribution >= 0.6 is 24.0 Å². The van der Waals surface area contributed by atoms with Crippen LogP contribution in [0.2, 0.25) is 0 Å². The number of aromatic nitrogens is 1. The van der Waals surface area contributed by atoms with Gasteiger partial charge in [0.1, 0.15) is 4.21 Å². The van der Waals surface area contributed by atoms with Crippen LogP contribution in [0, 0.1) is 13.8 Å². The first-order chi connectivity index (χ1) is 13.4. The van der Waals surface area contributed by atoms with Crippen LogP contribution in [0.3, 0.4) is 0 Å². The summed E-state index contributed by atoms with van der Waals surface area (Å²) in [6.45, 7) is 6.08. The molecule has 0 amide bonds. The number of thiophene rings is 1. The van der Waals surface area contributed by atoms with E-state index in [0.29, 0.717) is 26.8 Å². The van der Waals surface area contributed by atoms with Gasteiger partial charge in [-0.25, -0.2) is 0 Å². The predicted octanol–water partition coefficient (Wildman–Crippen LogP) is 4.27. The van der Waals surface area contributed by atoms with Crippen molar-refractivity contribution in [3.05, 3.63) is 75.9 Å². The highest BCUT2D eigenvalue weighted by molar-refractivity contribution is 7.83. The SMILES string of the molecule is CCOC(=O)Cc1c(C(=O)c2ccccc2)sc(S)c1-[n+]1cc(C)cc(C)c1. The summed E-state index contributed by atoms with van der Waals surface area (Å²) in [5.41, 5.74) is 4.15. The molecule has 144 valence electrons. The highest BCUT2D eigenvalue weighted by Crippen LogP contribution is 2.34. The lowest BCUT2D eigenvalue weighted by atomic mass is 10.0. The van der Waals surface area contributed by atoms with E-state index in [9.17, 15) is 9.59 Å². The Labute approximate surface area is 174 Å². The first-order valence-corrected chi connectivity index (χ1v) is 10.3. The molecule has 0 saturated carbocycles. The lowest BCUT2D eigenvalue weighted by Gasteiger charge is -2.06. The summed E-state index contributed by atoms with van der Waals surface area (Å²) in [6.07, 6.45) is 3.97. The molecular formula is C22H22NO3S2+. The zero-order valence-corrected chi connectivity index (χ0v) is 17.8. The summed E-state index contributed by atoms with van der Waals surface area (Å²) in [4.78, 5) is 26.0. The molecule has 0 N–H and O–H groups in total. The molecule has 28 heavy (non-hydrogen) atoms. The molecule has 4 nitrogen and oxygen atoms in total. The number of esters is 1. The Hall–Kier alpha value is -2.44. The summed E-state index contributed by atoms with van der Waals surface area (Å²) in [6, 6.07) is 11.1. The molecule has 0 bridgehead atoms. The standard InChI is InChI=1S/C22H21NO3S2/c1-4-26-18(24)11-17-19(23-12-14(2)10-15(3)13-23)22(27)28-21(17)20(25)16-8-6-5-7-9-16/h5-10,12-13H,4,11H2,1-3H3/p+1. The molecule has 0 aliphatic heterocycles. The Kier molecular flexibility index (Phi) is 6.31. The number of nitrogens with zero attached hydrogens (tertiary/aromatic N) is 1. The predicted molar refractivity (Wildman–Crippen MR) is 113 cm³/mol. The zero-order valence-electron chi connectivity index (χ0n) is 16.1.